The summed E-state index contributed by atoms with van der Waals surface area (Å²) >= 11 is 0. The van der Waals surface area contributed by atoms with Gasteiger partial charge in [-0.3, -0.25) is 4.79 Å². The second-order valence-electron chi connectivity index (χ2n) is 5.50. The first-order valence-corrected chi connectivity index (χ1v) is 7.91. The molecule has 1 atom stereocenters. The summed E-state index contributed by atoms with van der Waals surface area (Å²) in [5, 5.41) is 2.63. The fraction of sp³-hybridized carbons (Fsp3) is 0.200. The quantitative estimate of drug-likeness (QED) is 0.787. The molecule has 0 saturated heterocycles. The number of carbonyl (C=O) groups is 2. The fourth-order valence-corrected chi connectivity index (χ4v) is 2.34. The predicted octanol–water partition coefficient (Wildman–Crippen LogP) is 3.13. The summed E-state index contributed by atoms with van der Waals surface area (Å²) in [6, 6.07) is 14.6. The topological polar surface area (TPSA) is 55.4 Å². The van der Waals surface area contributed by atoms with E-state index >= 15 is 0 Å². The molecule has 0 aliphatic carbocycles. The normalized spacial score (nSPS) is 11.9. The summed E-state index contributed by atoms with van der Waals surface area (Å²) < 4.78 is 17.9. The molecule has 0 aliphatic rings. The lowest BCUT2D eigenvalue weighted by Gasteiger charge is -2.15. The molecule has 0 radical (unpaired) electrons. The third kappa shape index (κ3) is 6.22. The third-order valence-electron chi connectivity index (χ3n) is 3.56. The second-order valence-corrected chi connectivity index (χ2v) is 5.50. The first-order valence-electron chi connectivity index (χ1n) is 7.91. The van der Waals surface area contributed by atoms with E-state index in [0.29, 0.717) is 12.0 Å². The summed E-state index contributed by atoms with van der Waals surface area (Å²) in [5.74, 6) is -1.29. The van der Waals surface area contributed by atoms with Crippen molar-refractivity contribution in [2.45, 2.75) is 18.9 Å². The summed E-state index contributed by atoms with van der Waals surface area (Å²) in [7, 11) is 1.27. The summed E-state index contributed by atoms with van der Waals surface area (Å²) in [6.45, 7) is 0. The van der Waals surface area contributed by atoms with Crippen LogP contribution >= 0.6 is 0 Å². The SMILES string of the molecule is COC(=O)[C@@H](C/C=C/c1ccccc1)NC(=O)Cc1cccc(F)c1. The first kappa shape index (κ1) is 18.4. The lowest BCUT2D eigenvalue weighted by atomic mass is 10.1. The average molecular weight is 341 g/mol. The summed E-state index contributed by atoms with van der Waals surface area (Å²) in [5.41, 5.74) is 1.54. The number of halogens is 1. The molecule has 0 spiro atoms. The van der Waals surface area contributed by atoms with Crippen molar-refractivity contribution in [3.05, 3.63) is 77.6 Å². The number of hydrogen-bond acceptors (Lipinski definition) is 3. The van der Waals surface area contributed by atoms with Crippen LogP contribution in [0.4, 0.5) is 4.39 Å². The highest BCUT2D eigenvalue weighted by atomic mass is 19.1. The molecule has 2 rings (SSSR count). The Hall–Kier alpha value is -2.95. The van der Waals surface area contributed by atoms with Crippen molar-refractivity contribution in [1.29, 1.82) is 0 Å². The van der Waals surface area contributed by atoms with Crippen LogP contribution < -0.4 is 5.32 Å². The first-order chi connectivity index (χ1) is 12.1. The molecule has 0 heterocycles. The van der Waals surface area contributed by atoms with Crippen molar-refractivity contribution in [2.24, 2.45) is 0 Å². The maximum atomic E-state index is 13.2. The number of carbonyl (C=O) groups excluding carboxylic acids is 2. The molecule has 25 heavy (non-hydrogen) atoms. The van der Waals surface area contributed by atoms with Crippen LogP contribution in [0, 0.1) is 5.82 Å². The largest absolute Gasteiger partial charge is 0.467 e. The van der Waals surface area contributed by atoms with Gasteiger partial charge in [-0.2, -0.15) is 0 Å². The van der Waals surface area contributed by atoms with Crippen LogP contribution in [0.3, 0.4) is 0 Å². The van der Waals surface area contributed by atoms with Crippen LogP contribution in [0.5, 0.6) is 0 Å². The van der Waals surface area contributed by atoms with Crippen molar-refractivity contribution in [3.63, 3.8) is 0 Å². The van der Waals surface area contributed by atoms with E-state index in [9.17, 15) is 14.0 Å². The third-order valence-corrected chi connectivity index (χ3v) is 3.56. The molecule has 0 saturated carbocycles. The maximum Gasteiger partial charge on any atom is 0.328 e. The number of benzene rings is 2. The van der Waals surface area contributed by atoms with E-state index in [4.69, 9.17) is 4.74 Å². The highest BCUT2D eigenvalue weighted by Crippen LogP contribution is 2.07. The monoisotopic (exact) mass is 341 g/mol. The Bertz CT molecular complexity index is 744. The van der Waals surface area contributed by atoms with Gasteiger partial charge in [0.1, 0.15) is 11.9 Å². The van der Waals surface area contributed by atoms with E-state index in [1.165, 1.54) is 19.2 Å². The summed E-state index contributed by atoms with van der Waals surface area (Å²) in [6.07, 6.45) is 3.97. The molecule has 1 N–H and O–H groups in total. The van der Waals surface area contributed by atoms with Gasteiger partial charge in [-0.1, -0.05) is 54.6 Å². The minimum atomic E-state index is -0.786. The van der Waals surface area contributed by atoms with E-state index < -0.39 is 17.8 Å². The zero-order valence-electron chi connectivity index (χ0n) is 13.9. The molecule has 4 nitrogen and oxygen atoms in total. The zero-order chi connectivity index (χ0) is 18.1. The van der Waals surface area contributed by atoms with Gasteiger partial charge in [0, 0.05) is 0 Å². The number of amides is 1. The Morgan fingerprint density at radius 1 is 1.16 bits per heavy atom. The molecule has 130 valence electrons. The Morgan fingerprint density at radius 2 is 1.92 bits per heavy atom. The summed E-state index contributed by atoms with van der Waals surface area (Å²) in [4.78, 5) is 24.0. The Labute approximate surface area is 146 Å². The number of methoxy groups -OCH3 is 1. The number of hydrogen-bond donors (Lipinski definition) is 1. The van der Waals surface area contributed by atoms with E-state index in [1.807, 2.05) is 36.4 Å². The van der Waals surface area contributed by atoms with Gasteiger partial charge in [0.15, 0.2) is 0 Å². The van der Waals surface area contributed by atoms with Gasteiger partial charge in [-0.15, -0.1) is 0 Å². The van der Waals surface area contributed by atoms with Gasteiger partial charge in [0.05, 0.1) is 13.5 Å². The molecule has 0 fully saturated rings. The molecule has 5 heteroatoms. The molecular formula is C20H20FNO3. The maximum absolute atomic E-state index is 13.2. The van der Waals surface area contributed by atoms with Crippen molar-refractivity contribution in [2.75, 3.05) is 7.11 Å². The highest BCUT2D eigenvalue weighted by Gasteiger charge is 2.20. The minimum Gasteiger partial charge on any atom is -0.467 e. The van der Waals surface area contributed by atoms with E-state index in [2.05, 4.69) is 5.32 Å². The lowest BCUT2D eigenvalue weighted by molar-refractivity contribution is -0.144. The predicted molar refractivity (Wildman–Crippen MR) is 94.1 cm³/mol. The van der Waals surface area contributed by atoms with E-state index in [0.717, 1.165) is 5.56 Å². The molecule has 0 bridgehead atoms. The Morgan fingerprint density at radius 3 is 2.60 bits per heavy atom. The van der Waals surface area contributed by atoms with Gasteiger partial charge in [-0.05, 0) is 29.7 Å². The smallest absolute Gasteiger partial charge is 0.328 e. The average Bonchev–Trinajstić information content (AvgIpc) is 2.61. The molecule has 0 unspecified atom stereocenters. The molecule has 1 amide bonds. The Kier molecular flexibility index (Phi) is 6.89. The van der Waals surface area contributed by atoms with Crippen LogP contribution in [-0.4, -0.2) is 25.0 Å². The second kappa shape index (κ2) is 9.37. The zero-order valence-corrected chi connectivity index (χ0v) is 13.9. The van der Waals surface area contributed by atoms with Crippen molar-refractivity contribution in [1.82, 2.24) is 5.32 Å². The minimum absolute atomic E-state index is 0.00630. The van der Waals surface area contributed by atoms with E-state index in [1.54, 1.807) is 18.2 Å². The molecule has 0 aromatic heterocycles. The molecular weight excluding hydrogens is 321 g/mol. The van der Waals surface area contributed by atoms with Gasteiger partial charge >= 0.3 is 5.97 Å². The van der Waals surface area contributed by atoms with Crippen LogP contribution in [0.15, 0.2) is 60.7 Å². The number of nitrogens with one attached hydrogen (secondary N) is 1. The van der Waals surface area contributed by atoms with E-state index in [-0.39, 0.29) is 12.3 Å². The molecule has 2 aromatic carbocycles. The molecule has 2 aromatic rings. The Balaban J connectivity index is 1.96. The number of esters is 1. The van der Waals surface area contributed by atoms with Gasteiger partial charge in [0.2, 0.25) is 5.91 Å². The molecule has 0 aliphatic heterocycles. The van der Waals surface area contributed by atoms with Crippen molar-refractivity contribution < 1.29 is 18.7 Å². The van der Waals surface area contributed by atoms with Crippen LogP contribution in [0.2, 0.25) is 0 Å². The van der Waals surface area contributed by atoms with Crippen LogP contribution in [0.25, 0.3) is 6.08 Å². The number of rotatable bonds is 7. The van der Waals surface area contributed by atoms with Gasteiger partial charge < -0.3 is 10.1 Å². The standard InChI is InChI=1S/C20H20FNO3/c1-25-20(24)18(12-6-9-15-7-3-2-4-8-15)22-19(23)14-16-10-5-11-17(21)13-16/h2-11,13,18H,12,14H2,1H3,(H,22,23)/b9-6+/t18-/m1/s1. The fourth-order valence-electron chi connectivity index (χ4n) is 2.34. The van der Waals surface area contributed by atoms with Gasteiger partial charge in [-0.25, -0.2) is 9.18 Å². The van der Waals surface area contributed by atoms with Crippen molar-refractivity contribution in [3.8, 4) is 0 Å². The van der Waals surface area contributed by atoms with Crippen molar-refractivity contribution >= 4 is 18.0 Å². The van der Waals surface area contributed by atoms with Crippen LogP contribution in [-0.2, 0) is 20.7 Å². The lowest BCUT2D eigenvalue weighted by Crippen LogP contribution is -2.41. The highest BCUT2D eigenvalue weighted by molar-refractivity contribution is 5.85. The van der Waals surface area contributed by atoms with Crippen LogP contribution in [0.1, 0.15) is 17.5 Å². The number of ether oxygens (including phenoxy) is 1. The van der Waals surface area contributed by atoms with Gasteiger partial charge in [0.25, 0.3) is 0 Å².